The zero-order chi connectivity index (χ0) is 26.0. The molecule has 3 heterocycles. The Morgan fingerprint density at radius 2 is 1.94 bits per heavy atom. The molecule has 0 amide bonds. The minimum Gasteiger partial charge on any atom is -0.459 e. The van der Waals surface area contributed by atoms with E-state index in [2.05, 4.69) is 37.5 Å². The molecule has 3 aliphatic rings. The first-order valence-electron chi connectivity index (χ1n) is 13.0. The Morgan fingerprint density at radius 1 is 1.22 bits per heavy atom. The molecule has 5 nitrogen and oxygen atoms in total. The van der Waals surface area contributed by atoms with E-state index in [1.54, 1.807) is 18.2 Å². The minimum atomic E-state index is -0.736. The Bertz CT molecular complexity index is 1180. The van der Waals surface area contributed by atoms with Crippen LogP contribution in [0.2, 0.25) is 5.02 Å². The maximum Gasteiger partial charge on any atom is 0.324 e. The second kappa shape index (κ2) is 8.70. The molecule has 1 saturated carbocycles. The van der Waals surface area contributed by atoms with Crippen LogP contribution in [-0.4, -0.2) is 35.2 Å². The molecule has 1 aromatic carbocycles. The van der Waals surface area contributed by atoms with Crippen LogP contribution in [0.1, 0.15) is 89.5 Å². The van der Waals surface area contributed by atoms with Gasteiger partial charge in [-0.05, 0) is 63.1 Å². The molecule has 1 saturated heterocycles. The van der Waals surface area contributed by atoms with Gasteiger partial charge >= 0.3 is 5.97 Å². The number of benzene rings is 1. The number of carbonyl (C=O) groups is 1. The van der Waals surface area contributed by atoms with Crippen LogP contribution in [0, 0.1) is 11.2 Å². The monoisotopic (exact) mass is 513 g/mol. The first-order valence-corrected chi connectivity index (χ1v) is 13.3. The minimum absolute atomic E-state index is 0.0327. The van der Waals surface area contributed by atoms with Gasteiger partial charge in [0.2, 0.25) is 0 Å². The van der Waals surface area contributed by atoms with Gasteiger partial charge in [-0.2, -0.15) is 0 Å². The van der Waals surface area contributed by atoms with Crippen LogP contribution in [0.25, 0.3) is 0 Å². The molecule has 0 bridgehead atoms. The Labute approximate surface area is 218 Å². The fourth-order valence-corrected chi connectivity index (χ4v) is 6.31. The lowest BCUT2D eigenvalue weighted by Gasteiger charge is -2.39. The zero-order valence-electron chi connectivity index (χ0n) is 22.0. The Balaban J connectivity index is 1.70. The molecule has 0 radical (unpaired) electrons. The molecule has 2 N–H and O–H groups in total. The smallest absolute Gasteiger partial charge is 0.324 e. The second-order valence-electron chi connectivity index (χ2n) is 12.9. The van der Waals surface area contributed by atoms with Gasteiger partial charge in [-0.3, -0.25) is 9.78 Å². The molecule has 1 spiro atoms. The second-order valence-corrected chi connectivity index (χ2v) is 13.3. The van der Waals surface area contributed by atoms with Gasteiger partial charge in [-0.25, -0.2) is 4.39 Å². The molecule has 194 valence electrons. The maximum absolute atomic E-state index is 15.7. The molecule has 4 atom stereocenters. The summed E-state index contributed by atoms with van der Waals surface area (Å²) in [6.45, 7) is 12.7. The summed E-state index contributed by atoms with van der Waals surface area (Å²) in [6.07, 6.45) is 5.09. The van der Waals surface area contributed by atoms with Crippen molar-refractivity contribution in [3.8, 4) is 0 Å². The summed E-state index contributed by atoms with van der Waals surface area (Å²) in [5, 5.41) is 7.32. The highest BCUT2D eigenvalue weighted by Gasteiger charge is 2.62. The summed E-state index contributed by atoms with van der Waals surface area (Å²) in [7, 11) is 0. The number of aromatic nitrogens is 1. The number of nitrogens with zero attached hydrogens (tertiary/aromatic N) is 1. The largest absolute Gasteiger partial charge is 0.459 e. The number of esters is 1. The summed E-state index contributed by atoms with van der Waals surface area (Å²) in [5.41, 5.74) is 2.29. The number of pyridine rings is 1. The molecule has 1 aliphatic carbocycles. The molecule has 2 fully saturated rings. The van der Waals surface area contributed by atoms with Crippen molar-refractivity contribution < 1.29 is 13.9 Å². The number of ether oxygens (including phenoxy) is 1. The van der Waals surface area contributed by atoms with Crippen LogP contribution in [0.4, 0.5) is 10.1 Å². The predicted molar refractivity (Wildman–Crippen MR) is 141 cm³/mol. The Morgan fingerprint density at radius 3 is 2.58 bits per heavy atom. The van der Waals surface area contributed by atoms with Crippen LogP contribution in [-0.2, 0) is 14.9 Å². The van der Waals surface area contributed by atoms with Gasteiger partial charge in [0.1, 0.15) is 17.5 Å². The fraction of sp³-hybridized carbons (Fsp3) is 0.586. The van der Waals surface area contributed by atoms with Crippen molar-refractivity contribution in [2.24, 2.45) is 5.41 Å². The summed E-state index contributed by atoms with van der Waals surface area (Å²) in [6, 6.07) is 6.38. The van der Waals surface area contributed by atoms with Gasteiger partial charge in [0.05, 0.1) is 5.02 Å². The quantitative estimate of drug-likeness (QED) is 0.468. The van der Waals surface area contributed by atoms with Gasteiger partial charge in [-0.15, -0.1) is 0 Å². The summed E-state index contributed by atoms with van der Waals surface area (Å²) in [4.78, 5) is 18.5. The third-order valence-electron chi connectivity index (χ3n) is 7.68. The third kappa shape index (κ3) is 4.51. The molecule has 5 rings (SSSR count). The maximum atomic E-state index is 15.7. The summed E-state index contributed by atoms with van der Waals surface area (Å²) >= 11 is 6.29. The van der Waals surface area contributed by atoms with E-state index in [4.69, 9.17) is 21.3 Å². The SMILES string of the molecule is CC(C)(C)C[C@@H]1N[C@@H](C(=O)OC(C)(C)C)[C@H](c2cccc(Cl)c2F)[C@]12CNc1cc(C3CC3)ncc12. The Hall–Kier alpha value is -2.18. The molecular formula is C29H37ClFN3O2. The summed E-state index contributed by atoms with van der Waals surface area (Å²) < 4.78 is 21.6. The first-order chi connectivity index (χ1) is 16.8. The number of hydrogen-bond donors (Lipinski definition) is 2. The molecule has 7 heteroatoms. The normalized spacial score (nSPS) is 27.7. The van der Waals surface area contributed by atoms with Gasteiger partial charge in [0.15, 0.2) is 0 Å². The highest BCUT2D eigenvalue weighted by molar-refractivity contribution is 6.30. The number of fused-ring (bicyclic) bond motifs is 2. The van der Waals surface area contributed by atoms with E-state index in [9.17, 15) is 4.79 Å². The van der Waals surface area contributed by atoms with Gasteiger partial charge in [-0.1, -0.05) is 44.5 Å². The topological polar surface area (TPSA) is 63.2 Å². The number of hydrogen-bond acceptors (Lipinski definition) is 5. The van der Waals surface area contributed by atoms with Crippen LogP contribution in [0.15, 0.2) is 30.5 Å². The van der Waals surface area contributed by atoms with E-state index in [1.807, 2.05) is 27.0 Å². The predicted octanol–water partition coefficient (Wildman–Crippen LogP) is 6.32. The molecule has 2 aromatic rings. The number of nitrogens with one attached hydrogen (secondary N) is 2. The Kier molecular flexibility index (Phi) is 6.15. The number of halogens is 2. The van der Waals surface area contributed by atoms with Crippen LogP contribution < -0.4 is 10.6 Å². The number of carbonyl (C=O) groups excluding carboxylic acids is 1. The van der Waals surface area contributed by atoms with Gasteiger partial charge in [0, 0.05) is 53.0 Å². The van der Waals surface area contributed by atoms with Crippen LogP contribution >= 0.6 is 11.6 Å². The van der Waals surface area contributed by atoms with E-state index in [0.717, 1.165) is 23.4 Å². The van der Waals surface area contributed by atoms with E-state index in [1.165, 1.54) is 12.8 Å². The standard InChI is InChI=1S/C29H37ClFN3O2/c1-27(2,3)13-22-29(15-33-21-12-20(16-10-11-16)32-14-18(21)29)23(17-8-7-9-19(30)24(17)31)25(34-22)26(35)36-28(4,5)6/h7-9,12,14,16,22-23,25,33-34H,10-11,13,15H2,1-6H3/t22-,23-,25+,29-/m0/s1. The molecule has 0 unspecified atom stereocenters. The number of anilines is 1. The average molecular weight is 514 g/mol. The van der Waals surface area contributed by atoms with Crippen molar-refractivity contribution >= 4 is 23.3 Å². The van der Waals surface area contributed by atoms with E-state index in [-0.39, 0.29) is 22.4 Å². The van der Waals surface area contributed by atoms with E-state index < -0.39 is 28.8 Å². The highest BCUT2D eigenvalue weighted by Crippen LogP contribution is 2.57. The third-order valence-corrected chi connectivity index (χ3v) is 7.97. The van der Waals surface area contributed by atoms with E-state index >= 15 is 4.39 Å². The van der Waals surface area contributed by atoms with Crippen molar-refractivity contribution in [1.82, 2.24) is 10.3 Å². The lowest BCUT2D eigenvalue weighted by atomic mass is 9.63. The molecule has 1 aromatic heterocycles. The van der Waals surface area contributed by atoms with Crippen LogP contribution in [0.3, 0.4) is 0 Å². The summed E-state index contributed by atoms with van der Waals surface area (Å²) in [5.74, 6) is -0.859. The van der Waals surface area contributed by atoms with Crippen molar-refractivity contribution in [3.05, 3.63) is 58.1 Å². The highest BCUT2D eigenvalue weighted by atomic mass is 35.5. The van der Waals surface area contributed by atoms with Crippen molar-refractivity contribution in [1.29, 1.82) is 0 Å². The lowest BCUT2D eigenvalue weighted by molar-refractivity contribution is -0.157. The van der Waals surface area contributed by atoms with Crippen molar-refractivity contribution in [2.45, 2.75) is 95.7 Å². The fourth-order valence-electron chi connectivity index (χ4n) is 6.13. The van der Waals surface area contributed by atoms with E-state index in [0.29, 0.717) is 18.0 Å². The molecule has 36 heavy (non-hydrogen) atoms. The van der Waals surface area contributed by atoms with Gasteiger partial charge < -0.3 is 15.4 Å². The zero-order valence-corrected chi connectivity index (χ0v) is 22.8. The van der Waals surface area contributed by atoms with Crippen molar-refractivity contribution in [3.63, 3.8) is 0 Å². The number of rotatable bonds is 4. The lowest BCUT2D eigenvalue weighted by Crippen LogP contribution is -2.46. The molecular weight excluding hydrogens is 477 g/mol. The van der Waals surface area contributed by atoms with Crippen molar-refractivity contribution in [2.75, 3.05) is 11.9 Å². The van der Waals surface area contributed by atoms with Crippen LogP contribution in [0.5, 0.6) is 0 Å². The molecule has 2 aliphatic heterocycles. The van der Waals surface area contributed by atoms with Gasteiger partial charge in [0.25, 0.3) is 0 Å². The first kappa shape index (κ1) is 25.5. The average Bonchev–Trinajstić information content (AvgIpc) is 3.48.